The first-order valence-corrected chi connectivity index (χ1v) is 31.5. The molecular weight excluding hydrogens is 1210 g/mol. The van der Waals surface area contributed by atoms with Gasteiger partial charge in [0.2, 0.25) is 0 Å². The van der Waals surface area contributed by atoms with Gasteiger partial charge in [0.1, 0.15) is 0 Å². The molecule has 0 saturated heterocycles. The van der Waals surface area contributed by atoms with E-state index in [1.165, 1.54) is 141 Å². The summed E-state index contributed by atoms with van der Waals surface area (Å²) in [5.74, 6) is 0. The minimum Gasteiger partial charge on any atom is -0.423 e. The molecule has 17 aromatic carbocycles. The molecule has 0 amide bonds. The minimum atomic E-state index is -1.41. The third-order valence-corrected chi connectivity index (χ3v) is 18.8. The van der Waals surface area contributed by atoms with Crippen LogP contribution < -0.4 is 5.46 Å². The zero-order valence-corrected chi connectivity index (χ0v) is 51.5. The maximum absolute atomic E-state index is 9.08. The van der Waals surface area contributed by atoms with Gasteiger partial charge in [0, 0.05) is 8.95 Å². The Labute approximate surface area is 533 Å². The van der Waals surface area contributed by atoms with Gasteiger partial charge >= 0.3 is 7.12 Å². The fourth-order valence-electron chi connectivity index (χ4n) is 12.9. The van der Waals surface area contributed by atoms with E-state index in [0.29, 0.717) is 5.46 Å². The predicted molar refractivity (Wildman–Crippen MR) is 389 cm³/mol. The second-order valence-electron chi connectivity index (χ2n) is 22.8. The van der Waals surface area contributed by atoms with Crippen LogP contribution in [0.25, 0.3) is 153 Å². The lowest BCUT2D eigenvalue weighted by atomic mass is 9.80. The van der Waals surface area contributed by atoms with Crippen LogP contribution in [0.3, 0.4) is 0 Å². The summed E-state index contributed by atoms with van der Waals surface area (Å²) in [5, 5.41) is 40.9. The second kappa shape index (κ2) is 24.0. The Morgan fingerprint density at radius 2 is 0.438 bits per heavy atom. The highest BCUT2D eigenvalue weighted by molar-refractivity contribution is 9.11. The zero-order valence-electron chi connectivity index (χ0n) is 48.3. The van der Waals surface area contributed by atoms with Crippen molar-refractivity contribution in [2.75, 3.05) is 0 Å². The summed E-state index contributed by atoms with van der Waals surface area (Å²) in [6.07, 6.45) is 0. The summed E-state index contributed by atoms with van der Waals surface area (Å²) in [7, 11) is -1.41. The highest BCUT2D eigenvalue weighted by Crippen LogP contribution is 2.44. The van der Waals surface area contributed by atoms with Gasteiger partial charge in [-0.15, -0.1) is 0 Å². The molecule has 0 radical (unpaired) electrons. The Hall–Kier alpha value is -9.98. The highest BCUT2D eigenvalue weighted by Gasteiger charge is 2.17. The first-order valence-electron chi connectivity index (χ1n) is 30.0. The second-order valence-corrected chi connectivity index (χ2v) is 24.5. The Balaban J connectivity index is 0.000000138. The van der Waals surface area contributed by atoms with Crippen LogP contribution in [0, 0.1) is 0 Å². The molecule has 89 heavy (non-hydrogen) atoms. The van der Waals surface area contributed by atoms with Crippen molar-refractivity contribution in [1.29, 1.82) is 0 Å². The highest BCUT2D eigenvalue weighted by atomic mass is 79.9. The van der Waals surface area contributed by atoms with Gasteiger partial charge in [-0.25, -0.2) is 0 Å². The average Bonchev–Trinajstić information content (AvgIpc) is 2.36. The third-order valence-electron chi connectivity index (χ3n) is 17.5. The van der Waals surface area contributed by atoms with Crippen LogP contribution in [0.4, 0.5) is 0 Å². The van der Waals surface area contributed by atoms with E-state index in [1.807, 2.05) is 24.3 Å². The van der Waals surface area contributed by atoms with Crippen LogP contribution in [0.2, 0.25) is 0 Å². The molecule has 2 nitrogen and oxygen atoms in total. The van der Waals surface area contributed by atoms with Crippen LogP contribution in [-0.4, -0.2) is 17.2 Å². The normalized spacial score (nSPS) is 11.4. The predicted octanol–water partition coefficient (Wildman–Crippen LogP) is 23.0. The number of rotatable bonds is 6. The maximum atomic E-state index is 9.08. The van der Waals surface area contributed by atoms with E-state index in [-0.39, 0.29) is 0 Å². The fraction of sp³-hybridized carbons (Fsp3) is 0. The van der Waals surface area contributed by atoms with Crippen molar-refractivity contribution >= 4 is 141 Å². The van der Waals surface area contributed by atoms with Crippen LogP contribution in [0.15, 0.2) is 330 Å². The number of hydrogen-bond acceptors (Lipinski definition) is 2. The summed E-state index contributed by atoms with van der Waals surface area (Å²) in [4.78, 5) is 0. The van der Waals surface area contributed by atoms with Gasteiger partial charge in [-0.2, -0.15) is 0 Å². The number of hydrogen-bond donors (Lipinski definition) is 2. The van der Waals surface area contributed by atoms with Gasteiger partial charge in [-0.1, -0.05) is 311 Å². The molecule has 0 heterocycles. The molecule has 5 heteroatoms. The number of halogens is 2. The van der Waals surface area contributed by atoms with Crippen molar-refractivity contribution in [3.05, 3.63) is 330 Å². The van der Waals surface area contributed by atoms with Crippen molar-refractivity contribution in [1.82, 2.24) is 0 Å². The molecule has 0 saturated carbocycles. The van der Waals surface area contributed by atoms with Gasteiger partial charge in [-0.05, 0) is 201 Å². The maximum Gasteiger partial charge on any atom is 0.488 e. The van der Waals surface area contributed by atoms with Gasteiger partial charge in [0.05, 0.1) is 0 Å². The summed E-state index contributed by atoms with van der Waals surface area (Å²) in [6.45, 7) is 0. The monoisotopic (exact) mass is 1260 g/mol. The molecule has 0 aliphatic heterocycles. The van der Waals surface area contributed by atoms with Gasteiger partial charge in [0.15, 0.2) is 0 Å². The van der Waals surface area contributed by atoms with Crippen molar-refractivity contribution in [3.8, 4) is 55.6 Å². The molecule has 420 valence electrons. The molecule has 0 aliphatic carbocycles. The van der Waals surface area contributed by atoms with E-state index in [0.717, 1.165) is 20.1 Å². The quantitative estimate of drug-likeness (QED) is 0.129. The number of fused-ring (bicyclic) bond motifs is 13. The zero-order chi connectivity index (χ0) is 60.0. The molecular formula is C84H55BBr2O2. The molecule has 0 fully saturated rings. The summed E-state index contributed by atoms with van der Waals surface area (Å²) in [6, 6.07) is 115. The molecule has 0 unspecified atom stereocenters. The van der Waals surface area contributed by atoms with E-state index in [2.05, 4.69) is 317 Å². The lowest BCUT2D eigenvalue weighted by Crippen LogP contribution is -2.29. The molecule has 0 aliphatic rings. The molecule has 0 spiro atoms. The Bertz CT molecular complexity index is 5260. The topological polar surface area (TPSA) is 40.5 Å². The standard InChI is InChI=1S/C50H32.C18H10Br2.C16H13BO2/c1-3-11-39-29-41(27-21-33(39)9-1)35-17-23-37(24-18-35)47-31-49-46-16-8-6-14-44(46)48(32-50(49)45-15-7-5-13-43(45)47)38-25-19-36(20-26-38)42-28-22-34-10-2-4-12-40(34)30-42;19-17-10-16-12-6-2-4-8-14(12)18(20)9-15(16)11-5-1-3-7-13(11)17;18-17(19)16-9-7-13(8-10-16)15-6-5-12-3-1-2-4-14(12)11-15/h1-32H;1-10H;1-11,18-19H. The van der Waals surface area contributed by atoms with Gasteiger partial charge in [0.25, 0.3) is 0 Å². The molecule has 0 bridgehead atoms. The summed E-state index contributed by atoms with van der Waals surface area (Å²) >= 11 is 7.42. The molecule has 0 aromatic heterocycles. The summed E-state index contributed by atoms with van der Waals surface area (Å²) in [5.41, 5.74) is 12.6. The van der Waals surface area contributed by atoms with Crippen LogP contribution in [-0.2, 0) is 0 Å². The summed E-state index contributed by atoms with van der Waals surface area (Å²) < 4.78 is 2.29. The van der Waals surface area contributed by atoms with Crippen molar-refractivity contribution in [3.63, 3.8) is 0 Å². The van der Waals surface area contributed by atoms with Crippen molar-refractivity contribution < 1.29 is 10.0 Å². The first-order chi connectivity index (χ1) is 43.8. The van der Waals surface area contributed by atoms with E-state index in [9.17, 15) is 0 Å². The van der Waals surface area contributed by atoms with E-state index >= 15 is 0 Å². The van der Waals surface area contributed by atoms with Crippen LogP contribution in [0.5, 0.6) is 0 Å². The Kier molecular flexibility index (Phi) is 15.0. The molecule has 17 aromatic rings. The van der Waals surface area contributed by atoms with E-state index in [4.69, 9.17) is 10.0 Å². The van der Waals surface area contributed by atoms with Crippen molar-refractivity contribution in [2.24, 2.45) is 0 Å². The fourth-order valence-corrected chi connectivity index (χ4v) is 14.1. The largest absolute Gasteiger partial charge is 0.488 e. The first kappa shape index (κ1) is 55.6. The lowest BCUT2D eigenvalue weighted by Gasteiger charge is -2.16. The smallest absolute Gasteiger partial charge is 0.423 e. The van der Waals surface area contributed by atoms with Crippen LogP contribution >= 0.6 is 31.9 Å². The van der Waals surface area contributed by atoms with Gasteiger partial charge in [-0.3, -0.25) is 0 Å². The SMILES string of the molecule is Brc1cc2c3ccccc3c(Br)cc2c2ccccc12.OB(O)c1ccc(-c2ccc3ccccc3c2)cc1.c1ccc2cc(-c3ccc(-c4cc5c6ccccc6c(-c6ccc(-c7ccc8ccccc8c7)cc6)cc5c5ccccc45)cc3)ccc2c1. The number of benzene rings is 17. The van der Waals surface area contributed by atoms with E-state index < -0.39 is 7.12 Å². The van der Waals surface area contributed by atoms with Crippen LogP contribution in [0.1, 0.15) is 0 Å². The molecule has 0 atom stereocenters. The van der Waals surface area contributed by atoms with Gasteiger partial charge < -0.3 is 10.0 Å². The minimum absolute atomic E-state index is 0.504. The molecule has 2 N–H and O–H groups in total. The average molecular weight is 1270 g/mol. The lowest BCUT2D eigenvalue weighted by molar-refractivity contribution is 0.426. The molecule has 17 rings (SSSR count). The van der Waals surface area contributed by atoms with Crippen molar-refractivity contribution in [2.45, 2.75) is 0 Å². The van der Waals surface area contributed by atoms with E-state index in [1.54, 1.807) is 12.1 Å². The third kappa shape index (κ3) is 10.8. The Morgan fingerprint density at radius 1 is 0.191 bits per heavy atom. The Morgan fingerprint density at radius 3 is 0.775 bits per heavy atom.